The Hall–Kier alpha value is -4.35. The molecule has 3 aromatic rings. The zero-order valence-corrected chi connectivity index (χ0v) is 24.7. The van der Waals surface area contributed by atoms with Crippen LogP contribution in [-0.2, 0) is 30.5 Å². The molecule has 2 bridgehead atoms. The highest BCUT2D eigenvalue weighted by Gasteiger charge is 2.79. The zero-order valence-electron chi connectivity index (χ0n) is 24.7. The molecule has 11 nitrogen and oxygen atoms in total. The zero-order chi connectivity index (χ0) is 31.1. The van der Waals surface area contributed by atoms with Crippen molar-refractivity contribution in [2.75, 3.05) is 19.8 Å². The molecule has 6 rings (SSSR count). The topological polar surface area (TPSA) is 127 Å². The SMILES string of the molecule is C=CCCOC(=O)[C@H]1[C@H]2C(=O)N([C@H](CO)c3ccccc3)C(C(=O)N(CC=C)Cn3nnc4ccccc43)C23CC[C@]1(C)O3. The lowest BCUT2D eigenvalue weighted by atomic mass is 9.66. The Labute approximate surface area is 255 Å². The number of hydrogen-bond donors (Lipinski definition) is 1. The number of aliphatic hydroxyl groups excluding tert-OH is 1. The van der Waals surface area contributed by atoms with Gasteiger partial charge in [-0.1, -0.05) is 59.8 Å². The van der Waals surface area contributed by atoms with Gasteiger partial charge in [-0.3, -0.25) is 14.4 Å². The van der Waals surface area contributed by atoms with Gasteiger partial charge in [-0.25, -0.2) is 4.68 Å². The van der Waals surface area contributed by atoms with Crippen molar-refractivity contribution in [3.05, 3.63) is 85.5 Å². The summed E-state index contributed by atoms with van der Waals surface area (Å²) in [5.41, 5.74) is -0.181. The van der Waals surface area contributed by atoms with E-state index < -0.39 is 53.6 Å². The predicted molar refractivity (Wildman–Crippen MR) is 161 cm³/mol. The van der Waals surface area contributed by atoms with E-state index >= 15 is 0 Å². The first-order valence-electron chi connectivity index (χ1n) is 14.9. The van der Waals surface area contributed by atoms with Crippen LogP contribution in [0.4, 0.5) is 0 Å². The summed E-state index contributed by atoms with van der Waals surface area (Å²) in [5.74, 6) is -3.19. The van der Waals surface area contributed by atoms with Crippen LogP contribution in [0.15, 0.2) is 79.9 Å². The van der Waals surface area contributed by atoms with Crippen LogP contribution in [0.2, 0.25) is 0 Å². The van der Waals surface area contributed by atoms with Gasteiger partial charge in [0.25, 0.3) is 0 Å². The molecule has 3 fully saturated rings. The Morgan fingerprint density at radius 3 is 2.64 bits per heavy atom. The van der Waals surface area contributed by atoms with Crippen molar-refractivity contribution in [2.24, 2.45) is 11.8 Å². The lowest BCUT2D eigenvalue weighted by molar-refractivity contribution is -0.162. The molecule has 1 N–H and O–H groups in total. The molecule has 3 aliphatic heterocycles. The van der Waals surface area contributed by atoms with E-state index in [1.807, 2.05) is 61.5 Å². The van der Waals surface area contributed by atoms with Gasteiger partial charge in [0.1, 0.15) is 29.7 Å². The van der Waals surface area contributed by atoms with Gasteiger partial charge in [-0.2, -0.15) is 0 Å². The second-order valence-corrected chi connectivity index (χ2v) is 11.9. The van der Waals surface area contributed by atoms with E-state index in [4.69, 9.17) is 9.47 Å². The summed E-state index contributed by atoms with van der Waals surface area (Å²) in [5, 5.41) is 19.2. The number of aromatic nitrogens is 3. The van der Waals surface area contributed by atoms with E-state index in [1.165, 1.54) is 4.90 Å². The number of benzene rings is 2. The van der Waals surface area contributed by atoms with Crippen molar-refractivity contribution in [1.82, 2.24) is 24.8 Å². The summed E-state index contributed by atoms with van der Waals surface area (Å²) in [6, 6.07) is 14.6. The predicted octanol–water partition coefficient (Wildman–Crippen LogP) is 3.02. The number of carbonyl (C=O) groups excluding carboxylic acids is 3. The lowest BCUT2D eigenvalue weighted by Crippen LogP contribution is -2.57. The van der Waals surface area contributed by atoms with Crippen LogP contribution >= 0.6 is 0 Å². The third kappa shape index (κ3) is 4.62. The number of para-hydroxylation sites is 1. The maximum Gasteiger partial charge on any atom is 0.312 e. The fourth-order valence-corrected chi connectivity index (χ4v) is 7.43. The van der Waals surface area contributed by atoms with E-state index in [9.17, 15) is 19.5 Å². The van der Waals surface area contributed by atoms with E-state index in [1.54, 1.807) is 21.7 Å². The summed E-state index contributed by atoms with van der Waals surface area (Å²) in [4.78, 5) is 46.1. The molecule has 44 heavy (non-hydrogen) atoms. The number of amides is 2. The minimum Gasteiger partial charge on any atom is -0.465 e. The third-order valence-electron chi connectivity index (χ3n) is 9.35. The molecule has 2 unspecified atom stereocenters. The lowest BCUT2D eigenvalue weighted by Gasteiger charge is -2.39. The minimum absolute atomic E-state index is 0.0457. The maximum atomic E-state index is 14.9. The summed E-state index contributed by atoms with van der Waals surface area (Å²) < 4.78 is 14.0. The summed E-state index contributed by atoms with van der Waals surface area (Å²) >= 11 is 0. The molecule has 1 aromatic heterocycles. The number of nitrogens with zero attached hydrogens (tertiary/aromatic N) is 5. The van der Waals surface area contributed by atoms with Crippen molar-refractivity contribution in [3.63, 3.8) is 0 Å². The molecule has 230 valence electrons. The van der Waals surface area contributed by atoms with Gasteiger partial charge in [-0.15, -0.1) is 18.3 Å². The number of hydrogen-bond acceptors (Lipinski definition) is 8. The van der Waals surface area contributed by atoms with Crippen molar-refractivity contribution < 1.29 is 29.0 Å². The van der Waals surface area contributed by atoms with Gasteiger partial charge < -0.3 is 24.4 Å². The number of rotatable bonds is 12. The highest BCUT2D eigenvalue weighted by Crippen LogP contribution is 2.64. The van der Waals surface area contributed by atoms with Crippen LogP contribution in [0.25, 0.3) is 11.0 Å². The first kappa shape index (κ1) is 29.7. The highest BCUT2D eigenvalue weighted by atomic mass is 16.6. The third-order valence-corrected chi connectivity index (χ3v) is 9.35. The molecule has 1 spiro atoms. The highest BCUT2D eigenvalue weighted by molar-refractivity contribution is 5.98. The molecule has 3 aliphatic rings. The van der Waals surface area contributed by atoms with Gasteiger partial charge in [0.05, 0.1) is 36.3 Å². The number of ether oxygens (including phenoxy) is 2. The van der Waals surface area contributed by atoms with E-state index in [-0.39, 0.29) is 25.7 Å². The number of esters is 1. The van der Waals surface area contributed by atoms with Crippen LogP contribution in [-0.4, -0.2) is 84.7 Å². The second-order valence-electron chi connectivity index (χ2n) is 11.9. The average molecular weight is 600 g/mol. The van der Waals surface area contributed by atoms with Gasteiger partial charge in [0.15, 0.2) is 0 Å². The number of carbonyl (C=O) groups is 3. The molecule has 0 saturated carbocycles. The van der Waals surface area contributed by atoms with Crippen molar-refractivity contribution >= 4 is 28.8 Å². The van der Waals surface area contributed by atoms with Gasteiger partial charge in [-0.05, 0) is 43.9 Å². The standard InChI is InChI=1S/C33H37N5O6/c1-4-6-19-43-31(42)27-26-29(40)38(25(20-39)22-12-8-7-9-13-22)28(33(26)17-16-32(27,3)44-33)30(41)36(18-5-2)21-37-24-15-11-10-14-23(24)34-35-37/h4-5,7-15,25-28,39H,1-2,6,16-21H2,3H3/t25-,26+,27-,28?,32+,33?/m1/s1. The van der Waals surface area contributed by atoms with Crippen molar-refractivity contribution in [3.8, 4) is 0 Å². The quantitative estimate of drug-likeness (QED) is 0.191. The fraction of sp³-hybridized carbons (Fsp3) is 0.424. The van der Waals surface area contributed by atoms with Crippen LogP contribution < -0.4 is 0 Å². The van der Waals surface area contributed by atoms with E-state index in [0.29, 0.717) is 30.3 Å². The van der Waals surface area contributed by atoms with Crippen LogP contribution in [0.3, 0.4) is 0 Å². The summed E-state index contributed by atoms with van der Waals surface area (Å²) in [7, 11) is 0. The van der Waals surface area contributed by atoms with Crippen molar-refractivity contribution in [1.29, 1.82) is 0 Å². The Morgan fingerprint density at radius 1 is 1.16 bits per heavy atom. The molecule has 0 radical (unpaired) electrons. The molecule has 11 heteroatoms. The molecule has 6 atom stereocenters. The Bertz CT molecular complexity index is 1590. The summed E-state index contributed by atoms with van der Waals surface area (Å²) in [6.45, 7) is 9.29. The van der Waals surface area contributed by atoms with E-state index in [0.717, 1.165) is 5.52 Å². The number of aliphatic hydroxyl groups is 1. The molecule has 4 heterocycles. The first-order chi connectivity index (χ1) is 21.3. The van der Waals surface area contributed by atoms with Gasteiger partial charge in [0, 0.05) is 6.54 Å². The van der Waals surface area contributed by atoms with E-state index in [2.05, 4.69) is 23.5 Å². The average Bonchev–Trinajstić information content (AvgIpc) is 3.73. The molecular formula is C33H37N5O6. The molecule has 3 saturated heterocycles. The normalized spacial score (nSPS) is 27.7. The smallest absolute Gasteiger partial charge is 0.312 e. The van der Waals surface area contributed by atoms with Crippen LogP contribution in [0, 0.1) is 11.8 Å². The number of fused-ring (bicyclic) bond motifs is 2. The second kappa shape index (κ2) is 11.6. The molecule has 0 aliphatic carbocycles. The Kier molecular flexibility index (Phi) is 7.85. The minimum atomic E-state index is -1.29. The molecular weight excluding hydrogens is 562 g/mol. The number of likely N-dealkylation sites (tertiary alicyclic amines) is 1. The van der Waals surface area contributed by atoms with Gasteiger partial charge >= 0.3 is 5.97 Å². The van der Waals surface area contributed by atoms with Crippen LogP contribution in [0.5, 0.6) is 0 Å². The van der Waals surface area contributed by atoms with Gasteiger partial charge in [0.2, 0.25) is 11.8 Å². The monoisotopic (exact) mass is 599 g/mol. The van der Waals surface area contributed by atoms with Crippen LogP contribution in [0.1, 0.15) is 37.8 Å². The first-order valence-corrected chi connectivity index (χ1v) is 14.9. The fourth-order valence-electron chi connectivity index (χ4n) is 7.43. The largest absolute Gasteiger partial charge is 0.465 e. The Morgan fingerprint density at radius 2 is 1.91 bits per heavy atom. The molecule has 2 aromatic carbocycles. The maximum absolute atomic E-state index is 14.9. The summed E-state index contributed by atoms with van der Waals surface area (Å²) in [6.07, 6.45) is 4.61. The Balaban J connectivity index is 1.44. The van der Waals surface area contributed by atoms with Crippen molar-refractivity contribution in [2.45, 2.75) is 56.1 Å². The molecule has 2 amide bonds.